The summed E-state index contributed by atoms with van der Waals surface area (Å²) in [4.78, 5) is 18.1. The third kappa shape index (κ3) is 2.74. The van der Waals surface area contributed by atoms with Crippen LogP contribution in [0.25, 0.3) is 10.2 Å². The Bertz CT molecular complexity index is 993. The van der Waals surface area contributed by atoms with Gasteiger partial charge in [0.15, 0.2) is 5.69 Å². The van der Waals surface area contributed by atoms with Gasteiger partial charge in [-0.2, -0.15) is 4.98 Å². The Morgan fingerprint density at radius 2 is 2.04 bits per heavy atom. The molecule has 0 saturated carbocycles. The molecule has 1 aromatic carbocycles. The van der Waals surface area contributed by atoms with E-state index in [1.165, 1.54) is 41.0 Å². The van der Waals surface area contributed by atoms with Gasteiger partial charge in [0, 0.05) is 22.6 Å². The van der Waals surface area contributed by atoms with Crippen molar-refractivity contribution in [1.29, 1.82) is 0 Å². The molecule has 1 aliphatic carbocycles. The molecule has 25 heavy (non-hydrogen) atoms. The Labute approximate surface area is 155 Å². The van der Waals surface area contributed by atoms with Crippen LogP contribution in [0.4, 0.5) is 5.69 Å². The number of fused-ring (bicyclic) bond motifs is 3. The molecule has 0 bridgehead atoms. The lowest BCUT2D eigenvalue weighted by molar-refractivity contribution is -0.355. The lowest BCUT2D eigenvalue weighted by Crippen LogP contribution is -2.19. The zero-order valence-electron chi connectivity index (χ0n) is 14.1. The number of nitrogen functional groups attached to an aromatic ring is 1. The van der Waals surface area contributed by atoms with Gasteiger partial charge in [0.2, 0.25) is 5.78 Å². The van der Waals surface area contributed by atoms with Gasteiger partial charge < -0.3 is 5.73 Å². The maximum absolute atomic E-state index is 13.0. The number of nitrogens with two attached hydrogens (primary N) is 1. The second-order valence-corrected chi connectivity index (χ2v) is 7.97. The van der Waals surface area contributed by atoms with Crippen LogP contribution in [-0.2, 0) is 19.3 Å². The number of rotatable bonds is 3. The van der Waals surface area contributed by atoms with Crippen molar-refractivity contribution in [2.24, 2.45) is 0 Å². The first-order valence-corrected chi connectivity index (χ1v) is 9.87. The van der Waals surface area contributed by atoms with Crippen LogP contribution in [0, 0.1) is 0 Å². The lowest BCUT2D eigenvalue weighted by Gasteiger charge is -2.16. The highest BCUT2D eigenvalue weighted by molar-refractivity contribution is 7.21. The first-order chi connectivity index (χ1) is 12.1. The predicted octanol–water partition coefficient (Wildman–Crippen LogP) is 4.62. The largest absolute Gasteiger partial charge is 0.397 e. The van der Waals surface area contributed by atoms with Crippen molar-refractivity contribution in [1.82, 2.24) is 0 Å². The van der Waals surface area contributed by atoms with E-state index in [0.717, 1.165) is 29.5 Å². The van der Waals surface area contributed by atoms with E-state index in [0.29, 0.717) is 21.2 Å². The van der Waals surface area contributed by atoms with Crippen LogP contribution in [0.15, 0.2) is 24.3 Å². The van der Waals surface area contributed by atoms with Gasteiger partial charge in [-0.25, -0.2) is 0 Å². The molecule has 0 fully saturated rings. The smallest absolute Gasteiger partial charge is 0.270 e. The molecule has 4 rings (SSSR count). The van der Waals surface area contributed by atoms with Crippen LogP contribution in [0.5, 0.6) is 0 Å². The summed E-state index contributed by atoms with van der Waals surface area (Å²) in [6.45, 7) is 2.17. The van der Waals surface area contributed by atoms with Crippen LogP contribution in [0.3, 0.4) is 0 Å². The number of hydrogen-bond acceptors (Lipinski definition) is 3. The van der Waals surface area contributed by atoms with E-state index in [1.54, 1.807) is 24.3 Å². The Morgan fingerprint density at radius 3 is 2.76 bits per heavy atom. The topological polar surface area (TPSA) is 57.2 Å². The van der Waals surface area contributed by atoms with Gasteiger partial charge in [-0.05, 0) is 43.4 Å². The zero-order valence-corrected chi connectivity index (χ0v) is 15.7. The van der Waals surface area contributed by atoms with Crippen molar-refractivity contribution in [2.45, 2.75) is 39.0 Å². The maximum Gasteiger partial charge on any atom is 0.270 e. The summed E-state index contributed by atoms with van der Waals surface area (Å²) in [5.41, 5.74) is 11.7. The highest BCUT2D eigenvalue weighted by atomic mass is 35.5. The number of thiophene rings is 1. The number of carbonyl (C=O) groups excluding carboxylic acids is 1. The molecule has 1 aliphatic rings. The molecule has 5 heteroatoms. The fraction of sp³-hybridized carbons (Fsp3) is 0.300. The van der Waals surface area contributed by atoms with E-state index >= 15 is 0 Å². The highest BCUT2D eigenvalue weighted by Crippen LogP contribution is 2.39. The Kier molecular flexibility index (Phi) is 4.26. The number of aromatic amines is 1. The van der Waals surface area contributed by atoms with Gasteiger partial charge in [-0.3, -0.25) is 4.79 Å². The standard InChI is InChI=1S/C20H19ClN2OS/c1-2-15-13-8-3-4-9-14(13)16-17(22)19(25-20(16)23-15)18(24)11-6-5-7-12(21)10-11/h5-7,10H,2-4,8-9,22H2,1H3/p+1. The normalized spacial score (nSPS) is 13.8. The number of carbonyl (C=O) groups is 1. The fourth-order valence-corrected chi connectivity index (χ4v) is 5.12. The minimum Gasteiger partial charge on any atom is -0.397 e. The minimum atomic E-state index is -0.0581. The Hall–Kier alpha value is -1.91. The van der Waals surface area contributed by atoms with E-state index in [4.69, 9.17) is 17.3 Å². The van der Waals surface area contributed by atoms with Gasteiger partial charge in [0.25, 0.3) is 4.83 Å². The molecule has 2 aromatic heterocycles. The van der Waals surface area contributed by atoms with Gasteiger partial charge >= 0.3 is 0 Å². The number of halogens is 1. The molecule has 3 nitrogen and oxygen atoms in total. The van der Waals surface area contributed by atoms with Crippen LogP contribution in [-0.4, -0.2) is 5.78 Å². The molecule has 0 saturated heterocycles. The van der Waals surface area contributed by atoms with Crippen molar-refractivity contribution in [3.05, 3.63) is 56.5 Å². The minimum absolute atomic E-state index is 0.0581. The van der Waals surface area contributed by atoms with Gasteiger partial charge in [-0.15, -0.1) is 0 Å². The molecular weight excluding hydrogens is 352 g/mol. The number of aryl methyl sites for hydroxylation is 2. The average molecular weight is 372 g/mol. The zero-order chi connectivity index (χ0) is 17.6. The van der Waals surface area contributed by atoms with Crippen molar-refractivity contribution in [3.8, 4) is 0 Å². The predicted molar refractivity (Wildman–Crippen MR) is 104 cm³/mol. The molecule has 3 N–H and O–H groups in total. The van der Waals surface area contributed by atoms with E-state index in [-0.39, 0.29) is 5.78 Å². The first kappa shape index (κ1) is 16.6. The molecule has 3 aromatic rings. The summed E-state index contributed by atoms with van der Waals surface area (Å²) in [5.74, 6) is -0.0581. The third-order valence-corrected chi connectivity index (χ3v) is 6.34. The van der Waals surface area contributed by atoms with Crippen molar-refractivity contribution in [3.63, 3.8) is 0 Å². The third-order valence-electron chi connectivity index (χ3n) is 4.99. The van der Waals surface area contributed by atoms with E-state index in [2.05, 4.69) is 11.9 Å². The number of benzene rings is 1. The number of anilines is 1. The molecular formula is C20H20ClN2OS+. The summed E-state index contributed by atoms with van der Waals surface area (Å²) in [7, 11) is 0. The second-order valence-electron chi connectivity index (χ2n) is 6.51. The average Bonchev–Trinajstić information content (AvgIpc) is 2.97. The van der Waals surface area contributed by atoms with Gasteiger partial charge in [0.05, 0.1) is 11.1 Å². The van der Waals surface area contributed by atoms with Crippen molar-refractivity contribution in [2.75, 3.05) is 5.73 Å². The van der Waals surface area contributed by atoms with E-state index in [9.17, 15) is 4.79 Å². The van der Waals surface area contributed by atoms with Gasteiger partial charge in [-0.1, -0.05) is 42.0 Å². The Balaban J connectivity index is 1.92. The van der Waals surface area contributed by atoms with Crippen molar-refractivity contribution < 1.29 is 9.78 Å². The fourth-order valence-electron chi connectivity index (χ4n) is 3.79. The molecule has 0 radical (unpaired) electrons. The van der Waals surface area contributed by atoms with Crippen molar-refractivity contribution >= 4 is 44.6 Å². The number of ketones is 1. The summed E-state index contributed by atoms with van der Waals surface area (Å²) in [6, 6.07) is 7.05. The number of aromatic nitrogens is 1. The highest BCUT2D eigenvalue weighted by Gasteiger charge is 2.28. The molecule has 128 valence electrons. The van der Waals surface area contributed by atoms with Crippen LogP contribution >= 0.6 is 22.9 Å². The first-order valence-electron chi connectivity index (χ1n) is 8.68. The molecule has 2 heterocycles. The summed E-state index contributed by atoms with van der Waals surface area (Å²) < 4.78 is 0. The summed E-state index contributed by atoms with van der Waals surface area (Å²) in [5, 5.41) is 1.62. The van der Waals surface area contributed by atoms with E-state index < -0.39 is 0 Å². The van der Waals surface area contributed by atoms with Gasteiger partial charge in [0.1, 0.15) is 4.88 Å². The lowest BCUT2D eigenvalue weighted by atomic mass is 9.88. The maximum atomic E-state index is 13.0. The summed E-state index contributed by atoms with van der Waals surface area (Å²) in [6.07, 6.45) is 5.50. The molecule has 0 aliphatic heterocycles. The van der Waals surface area contributed by atoms with Crippen LogP contribution < -0.4 is 10.7 Å². The monoisotopic (exact) mass is 371 g/mol. The van der Waals surface area contributed by atoms with E-state index in [1.807, 2.05) is 0 Å². The quantitative estimate of drug-likeness (QED) is 0.683. The number of hydrogen-bond donors (Lipinski definition) is 1. The molecule has 0 amide bonds. The number of nitrogens with one attached hydrogen (secondary N) is 1. The molecule has 0 spiro atoms. The van der Waals surface area contributed by atoms with Crippen LogP contribution in [0.1, 0.15) is 51.8 Å². The SMILES string of the molecule is CCc1[nH+]c2sc(C(=O)c3cccc(Cl)c3)c(N)c2c2c1CCCC2. The summed E-state index contributed by atoms with van der Waals surface area (Å²) >= 11 is 7.50. The molecule has 0 unspecified atom stereocenters. The Morgan fingerprint density at radius 1 is 1.28 bits per heavy atom. The van der Waals surface area contributed by atoms with Crippen LogP contribution in [0.2, 0.25) is 5.02 Å². The second kappa shape index (κ2) is 6.43. The number of pyridine rings is 1. The number of H-pyrrole nitrogens is 1. The molecule has 0 atom stereocenters.